The molecule has 1 nitrogen and oxygen atoms in total. The summed E-state index contributed by atoms with van der Waals surface area (Å²) in [6, 6.07) is 55.9. The molecule has 0 saturated carbocycles. The maximum atomic E-state index is 4.92. The lowest BCUT2D eigenvalue weighted by molar-refractivity contribution is 0.645. The highest BCUT2D eigenvalue weighted by Gasteiger charge is 2.33. The summed E-state index contributed by atoms with van der Waals surface area (Å²) in [5, 5.41) is 8.84. The van der Waals surface area contributed by atoms with Crippen molar-refractivity contribution >= 4 is 53.9 Å². The Morgan fingerprint density at radius 2 is 1.00 bits per heavy atom. The molecule has 2 heteroatoms. The molecule has 0 aliphatic heterocycles. The van der Waals surface area contributed by atoms with Gasteiger partial charge in [-0.25, -0.2) is 4.98 Å². The molecule has 8 aromatic carbocycles. The topological polar surface area (TPSA) is 12.9 Å². The summed E-state index contributed by atoms with van der Waals surface area (Å²) >= 11 is 1.75. The van der Waals surface area contributed by atoms with Gasteiger partial charge in [-0.05, 0) is 89.0 Å². The zero-order valence-corrected chi connectivity index (χ0v) is 27.6. The molecule has 10 rings (SSSR count). The van der Waals surface area contributed by atoms with Crippen LogP contribution in [0.5, 0.6) is 0 Å². The smallest absolute Gasteiger partial charge is 0.124 e. The van der Waals surface area contributed by atoms with Crippen LogP contribution in [0.1, 0.15) is 25.0 Å². The van der Waals surface area contributed by atoms with Crippen molar-refractivity contribution in [1.82, 2.24) is 4.98 Å². The third-order valence-electron chi connectivity index (χ3n) is 10.5. The van der Waals surface area contributed by atoms with Crippen molar-refractivity contribution in [3.8, 4) is 44.0 Å². The van der Waals surface area contributed by atoms with E-state index in [-0.39, 0.29) is 5.41 Å². The Morgan fingerprint density at radius 3 is 1.73 bits per heavy atom. The molecule has 226 valence electrons. The van der Waals surface area contributed by atoms with E-state index in [1.807, 2.05) is 0 Å². The molecular weight excluding hydrogens is 599 g/mol. The van der Waals surface area contributed by atoms with Gasteiger partial charge in [-0.1, -0.05) is 153 Å². The van der Waals surface area contributed by atoms with Gasteiger partial charge in [0.15, 0.2) is 0 Å². The van der Waals surface area contributed by atoms with Crippen LogP contribution in [0.25, 0.3) is 86.5 Å². The lowest BCUT2D eigenvalue weighted by Gasteiger charge is -2.35. The monoisotopic (exact) mass is 629 g/mol. The highest BCUT2D eigenvalue weighted by atomic mass is 32.1. The molecule has 0 bridgehead atoms. The fraction of sp³-hybridized carbons (Fsp3) is 0.0652. The van der Waals surface area contributed by atoms with Crippen molar-refractivity contribution < 1.29 is 0 Å². The number of hydrogen-bond acceptors (Lipinski definition) is 2. The molecule has 0 radical (unpaired) electrons. The Balaban J connectivity index is 1.22. The molecule has 1 heterocycles. The van der Waals surface area contributed by atoms with Gasteiger partial charge in [-0.2, -0.15) is 0 Å². The molecule has 0 N–H and O–H groups in total. The molecule has 1 aliphatic carbocycles. The van der Waals surface area contributed by atoms with E-state index in [1.54, 1.807) is 11.3 Å². The van der Waals surface area contributed by atoms with E-state index in [9.17, 15) is 0 Å². The Bertz CT molecular complexity index is 2660. The number of benzene rings is 8. The summed E-state index contributed by atoms with van der Waals surface area (Å²) in [4.78, 5) is 4.92. The molecule has 48 heavy (non-hydrogen) atoms. The van der Waals surface area contributed by atoms with Crippen LogP contribution in [0.3, 0.4) is 0 Å². The van der Waals surface area contributed by atoms with Gasteiger partial charge < -0.3 is 0 Å². The Hall–Kier alpha value is -5.57. The SMILES string of the molecule is CC1(C)c2ccccc2-c2ccc(-c3c4ccccc4c(-c4ccc(-c5nc6ccccc6s5)cc4)c4ccccc34)c3cccc1c23. The van der Waals surface area contributed by atoms with E-state index >= 15 is 0 Å². The van der Waals surface area contributed by atoms with Gasteiger partial charge in [-0.15, -0.1) is 11.3 Å². The van der Waals surface area contributed by atoms with Crippen LogP contribution in [-0.4, -0.2) is 4.98 Å². The second kappa shape index (κ2) is 10.2. The van der Waals surface area contributed by atoms with Gasteiger partial charge in [-0.3, -0.25) is 0 Å². The zero-order chi connectivity index (χ0) is 32.0. The minimum absolute atomic E-state index is 0.0900. The predicted octanol–water partition coefficient (Wildman–Crippen LogP) is 13.1. The summed E-state index contributed by atoms with van der Waals surface area (Å²) in [6.45, 7) is 4.75. The largest absolute Gasteiger partial charge is 0.236 e. The number of hydrogen-bond donors (Lipinski definition) is 0. The molecule has 9 aromatic rings. The van der Waals surface area contributed by atoms with Crippen molar-refractivity contribution in [3.63, 3.8) is 0 Å². The molecule has 0 saturated heterocycles. The van der Waals surface area contributed by atoms with Crippen LogP contribution in [0.4, 0.5) is 0 Å². The Labute approximate surface area is 283 Å². The van der Waals surface area contributed by atoms with E-state index < -0.39 is 0 Å². The molecule has 0 spiro atoms. The maximum absolute atomic E-state index is 4.92. The van der Waals surface area contributed by atoms with Crippen LogP contribution in [0.15, 0.2) is 152 Å². The highest BCUT2D eigenvalue weighted by Crippen LogP contribution is 2.52. The average Bonchev–Trinajstić information content (AvgIpc) is 3.58. The van der Waals surface area contributed by atoms with Crippen LogP contribution in [-0.2, 0) is 5.41 Å². The third-order valence-corrected chi connectivity index (χ3v) is 11.6. The lowest BCUT2D eigenvalue weighted by atomic mass is 9.68. The van der Waals surface area contributed by atoms with Crippen molar-refractivity contribution in [3.05, 3.63) is 163 Å². The van der Waals surface area contributed by atoms with Crippen LogP contribution >= 0.6 is 11.3 Å². The van der Waals surface area contributed by atoms with Gasteiger partial charge in [0.1, 0.15) is 5.01 Å². The first-order valence-corrected chi connectivity index (χ1v) is 17.5. The fourth-order valence-electron chi connectivity index (χ4n) is 8.28. The van der Waals surface area contributed by atoms with Crippen molar-refractivity contribution in [2.45, 2.75) is 19.3 Å². The lowest BCUT2D eigenvalue weighted by Crippen LogP contribution is -2.23. The molecule has 0 amide bonds. The van der Waals surface area contributed by atoms with Gasteiger partial charge in [0, 0.05) is 11.0 Å². The summed E-state index contributed by atoms with van der Waals surface area (Å²) < 4.78 is 1.22. The molecule has 1 aliphatic rings. The van der Waals surface area contributed by atoms with Gasteiger partial charge in [0.05, 0.1) is 10.2 Å². The average molecular weight is 630 g/mol. The first-order chi connectivity index (χ1) is 23.6. The van der Waals surface area contributed by atoms with E-state index in [1.165, 1.54) is 81.5 Å². The standard InChI is InChI=1S/C46H31NS/c1-46(2)38-18-8-7-12-30(38)36-26-27-37(35-17-11-19-39(46)44(35)36)43-33-15-5-3-13-31(33)42(32-14-4-6-16-34(32)43)28-22-24-29(25-23-28)45-47-40-20-9-10-21-41(40)48-45/h3-27H,1-2H3. The predicted molar refractivity (Wildman–Crippen MR) is 206 cm³/mol. The summed E-state index contributed by atoms with van der Waals surface area (Å²) in [7, 11) is 0. The van der Waals surface area contributed by atoms with Crippen LogP contribution < -0.4 is 0 Å². The number of fused-ring (bicyclic) bond motifs is 5. The van der Waals surface area contributed by atoms with E-state index in [4.69, 9.17) is 4.98 Å². The van der Waals surface area contributed by atoms with Crippen molar-refractivity contribution in [2.24, 2.45) is 0 Å². The second-order valence-electron chi connectivity index (χ2n) is 13.5. The van der Waals surface area contributed by atoms with Gasteiger partial charge >= 0.3 is 0 Å². The van der Waals surface area contributed by atoms with Gasteiger partial charge in [0.25, 0.3) is 0 Å². The third kappa shape index (κ3) is 3.87. The van der Waals surface area contributed by atoms with E-state index in [0.29, 0.717) is 0 Å². The van der Waals surface area contributed by atoms with E-state index in [2.05, 4.69) is 166 Å². The number of para-hydroxylation sites is 1. The number of rotatable bonds is 3. The number of thiazole rings is 1. The minimum atomic E-state index is -0.0900. The fourth-order valence-corrected chi connectivity index (χ4v) is 9.25. The van der Waals surface area contributed by atoms with Crippen LogP contribution in [0, 0.1) is 0 Å². The first-order valence-electron chi connectivity index (χ1n) is 16.6. The molecule has 1 aromatic heterocycles. The maximum Gasteiger partial charge on any atom is 0.124 e. The first kappa shape index (κ1) is 27.5. The van der Waals surface area contributed by atoms with Crippen molar-refractivity contribution in [2.75, 3.05) is 0 Å². The molecular formula is C46H31NS. The molecule has 0 atom stereocenters. The number of aromatic nitrogens is 1. The molecule has 0 unspecified atom stereocenters. The Morgan fingerprint density at radius 1 is 0.438 bits per heavy atom. The summed E-state index contributed by atoms with van der Waals surface area (Å²) in [5.41, 5.74) is 12.7. The highest BCUT2D eigenvalue weighted by molar-refractivity contribution is 7.21. The normalized spacial score (nSPS) is 13.4. The van der Waals surface area contributed by atoms with Gasteiger partial charge in [0.2, 0.25) is 0 Å². The molecule has 0 fully saturated rings. The summed E-state index contributed by atoms with van der Waals surface area (Å²) in [6.07, 6.45) is 0. The zero-order valence-electron chi connectivity index (χ0n) is 26.8. The van der Waals surface area contributed by atoms with E-state index in [0.717, 1.165) is 16.1 Å². The van der Waals surface area contributed by atoms with Crippen molar-refractivity contribution in [1.29, 1.82) is 0 Å². The quantitative estimate of drug-likeness (QED) is 0.177. The second-order valence-corrected chi connectivity index (χ2v) is 14.5. The summed E-state index contributed by atoms with van der Waals surface area (Å²) in [5.74, 6) is 0. The number of nitrogens with zero attached hydrogens (tertiary/aromatic N) is 1. The van der Waals surface area contributed by atoms with Crippen LogP contribution in [0.2, 0.25) is 0 Å². The minimum Gasteiger partial charge on any atom is -0.236 e. The Kier molecular flexibility index (Phi) is 5.86.